The number of hydrogen-bond acceptors (Lipinski definition) is 5. The lowest BCUT2D eigenvalue weighted by Crippen LogP contribution is -2.57. The second kappa shape index (κ2) is 6.31. The Balaban J connectivity index is 1.71. The number of nitrogens with zero attached hydrogens (tertiary/aromatic N) is 2. The molecule has 0 unspecified atom stereocenters. The molecule has 1 aliphatic rings. The summed E-state index contributed by atoms with van der Waals surface area (Å²) < 4.78 is 6.36. The van der Waals surface area contributed by atoms with Gasteiger partial charge < -0.3 is 15.1 Å². The van der Waals surface area contributed by atoms with Crippen molar-refractivity contribution in [3.8, 4) is 0 Å². The van der Waals surface area contributed by atoms with E-state index in [1.807, 2.05) is 25.2 Å². The van der Waals surface area contributed by atoms with Crippen molar-refractivity contribution in [2.24, 2.45) is 0 Å². The average Bonchev–Trinajstić information content (AvgIpc) is 2.90. The molecule has 3 rings (SSSR count). The molecule has 1 aromatic carbocycles. The third-order valence-electron chi connectivity index (χ3n) is 4.10. The maximum absolute atomic E-state index is 5.93. The minimum Gasteiger partial charge on any atom is -0.440 e. The Morgan fingerprint density at radius 1 is 1.33 bits per heavy atom. The molecule has 1 aliphatic heterocycles. The summed E-state index contributed by atoms with van der Waals surface area (Å²) in [6.07, 6.45) is 0. The Morgan fingerprint density at radius 3 is 2.71 bits per heavy atom. The zero-order chi connectivity index (χ0) is 17.4. The Bertz CT molecular complexity index is 745. The largest absolute Gasteiger partial charge is 0.440 e. The van der Waals surface area contributed by atoms with Crippen molar-refractivity contribution in [1.82, 2.24) is 10.3 Å². The molecule has 130 valence electrons. The Labute approximate surface area is 147 Å². The van der Waals surface area contributed by atoms with Crippen LogP contribution in [0.25, 0.3) is 11.1 Å². The minimum atomic E-state index is -0.119. The summed E-state index contributed by atoms with van der Waals surface area (Å²) in [4.78, 5) is 10.5. The van der Waals surface area contributed by atoms with Gasteiger partial charge in [0.2, 0.25) is 5.89 Å². The van der Waals surface area contributed by atoms with Crippen molar-refractivity contribution in [1.29, 1.82) is 0 Å². The van der Waals surface area contributed by atoms with Gasteiger partial charge in [-0.25, -0.2) is 4.98 Å². The topological polar surface area (TPSA) is 59.3 Å². The molecule has 0 bridgehead atoms. The molecule has 0 atom stereocenters. The van der Waals surface area contributed by atoms with E-state index in [9.17, 15) is 0 Å². The number of hydroxylamine groups is 3. The van der Waals surface area contributed by atoms with Gasteiger partial charge in [0, 0.05) is 30.3 Å². The van der Waals surface area contributed by atoms with Gasteiger partial charge in [0.25, 0.3) is 0 Å². The highest BCUT2D eigenvalue weighted by molar-refractivity contribution is 7.80. The zero-order valence-corrected chi connectivity index (χ0v) is 15.5. The number of hydrogen-bond donors (Lipinski definition) is 2. The second-order valence-electron chi connectivity index (χ2n) is 7.45. The van der Waals surface area contributed by atoms with Crippen LogP contribution in [0.1, 0.15) is 26.7 Å². The van der Waals surface area contributed by atoms with E-state index in [1.165, 1.54) is 0 Å². The molecule has 2 N–H and O–H groups in total. The molecule has 2 aromatic rings. The van der Waals surface area contributed by atoms with Crippen LogP contribution in [-0.4, -0.2) is 48.0 Å². The molecular formula is C17H25N4O2S+. The highest BCUT2D eigenvalue weighted by Crippen LogP contribution is 2.27. The van der Waals surface area contributed by atoms with Gasteiger partial charge in [-0.3, -0.25) is 4.84 Å². The molecule has 1 saturated heterocycles. The van der Waals surface area contributed by atoms with E-state index < -0.39 is 0 Å². The molecule has 0 amide bonds. The normalized spacial score (nSPS) is 17.7. The average molecular weight is 349 g/mol. The summed E-state index contributed by atoms with van der Waals surface area (Å²) in [5, 5.41) is 6.83. The van der Waals surface area contributed by atoms with Crippen LogP contribution in [0, 0.1) is 0 Å². The van der Waals surface area contributed by atoms with Crippen LogP contribution in [0.5, 0.6) is 0 Å². The molecule has 2 heterocycles. The highest BCUT2D eigenvalue weighted by atomic mass is 32.1. The van der Waals surface area contributed by atoms with E-state index in [1.54, 1.807) is 0 Å². The first-order valence-electron chi connectivity index (χ1n) is 8.22. The fraction of sp³-hybridized carbons (Fsp3) is 0.529. The number of piperazine rings is 1. The standard InChI is InChI=1S/C17H24N4O2S/c1-17(2,3)15-20-13-6-5-12(11-14(13)22-15)19-16(24)23-21(4)9-7-18-8-10-21/h5-6,11,18H,7-10H2,1-4H3/p+1. The summed E-state index contributed by atoms with van der Waals surface area (Å²) in [5.74, 6) is 0.729. The molecule has 24 heavy (non-hydrogen) atoms. The van der Waals surface area contributed by atoms with Crippen LogP contribution in [-0.2, 0) is 10.3 Å². The van der Waals surface area contributed by atoms with E-state index in [-0.39, 0.29) is 5.41 Å². The van der Waals surface area contributed by atoms with Crippen LogP contribution >= 0.6 is 12.2 Å². The third-order valence-corrected chi connectivity index (χ3v) is 4.28. The molecule has 6 nitrogen and oxygen atoms in total. The maximum atomic E-state index is 5.93. The lowest BCUT2D eigenvalue weighted by molar-refractivity contribution is -1.07. The fourth-order valence-electron chi connectivity index (χ4n) is 2.62. The van der Waals surface area contributed by atoms with Crippen molar-refractivity contribution in [3.05, 3.63) is 24.1 Å². The summed E-state index contributed by atoms with van der Waals surface area (Å²) >= 11 is 5.36. The van der Waals surface area contributed by atoms with E-state index in [2.05, 4.69) is 36.4 Å². The number of oxazole rings is 1. The number of anilines is 1. The van der Waals surface area contributed by atoms with Crippen molar-refractivity contribution in [2.45, 2.75) is 26.2 Å². The van der Waals surface area contributed by atoms with Crippen molar-refractivity contribution >= 4 is 34.2 Å². The van der Waals surface area contributed by atoms with Crippen LogP contribution in [0.15, 0.2) is 22.6 Å². The second-order valence-corrected chi connectivity index (χ2v) is 7.82. The lowest BCUT2D eigenvalue weighted by atomic mass is 9.97. The maximum Gasteiger partial charge on any atom is 0.326 e. The van der Waals surface area contributed by atoms with Crippen LogP contribution in [0.3, 0.4) is 0 Å². The predicted octanol–water partition coefficient (Wildman–Crippen LogP) is 2.80. The number of quaternary nitrogens is 1. The van der Waals surface area contributed by atoms with Crippen LogP contribution < -0.4 is 10.6 Å². The number of likely N-dealkylation sites (N-methyl/N-ethyl adjacent to an activating group) is 1. The Morgan fingerprint density at radius 2 is 2.04 bits per heavy atom. The van der Waals surface area contributed by atoms with Gasteiger partial charge in [-0.15, -0.1) is 4.65 Å². The SMILES string of the molecule is CC(C)(C)c1nc2ccc(NC(=S)O[N+]3(C)CCNCC3)cc2o1. The van der Waals surface area contributed by atoms with Crippen molar-refractivity contribution in [2.75, 3.05) is 38.5 Å². The number of fused-ring (bicyclic) bond motifs is 1. The van der Waals surface area contributed by atoms with Crippen LogP contribution in [0.2, 0.25) is 0 Å². The first-order valence-corrected chi connectivity index (χ1v) is 8.63. The van der Waals surface area contributed by atoms with Gasteiger partial charge in [-0.2, -0.15) is 0 Å². The molecule has 0 saturated carbocycles. The monoisotopic (exact) mass is 349 g/mol. The molecule has 0 spiro atoms. The van der Waals surface area contributed by atoms with Gasteiger partial charge in [-0.1, -0.05) is 20.8 Å². The first kappa shape index (κ1) is 17.1. The smallest absolute Gasteiger partial charge is 0.326 e. The van der Waals surface area contributed by atoms with E-state index in [4.69, 9.17) is 21.5 Å². The molecule has 1 fully saturated rings. The fourth-order valence-corrected chi connectivity index (χ4v) is 2.92. The molecule has 7 heteroatoms. The summed E-state index contributed by atoms with van der Waals surface area (Å²) in [7, 11) is 2.05. The summed E-state index contributed by atoms with van der Waals surface area (Å²) in [6, 6.07) is 5.77. The minimum absolute atomic E-state index is 0.119. The van der Waals surface area contributed by atoms with Gasteiger partial charge in [0.1, 0.15) is 25.7 Å². The Kier molecular flexibility index (Phi) is 4.50. The number of rotatable bonds is 2. The van der Waals surface area contributed by atoms with E-state index in [0.717, 1.165) is 48.9 Å². The lowest BCUT2D eigenvalue weighted by Gasteiger charge is -2.34. The number of nitrogens with one attached hydrogen (secondary N) is 2. The number of thiocarbonyl (C=S) groups is 1. The Hall–Kier alpha value is -1.70. The van der Waals surface area contributed by atoms with Gasteiger partial charge in [0.05, 0.1) is 0 Å². The third kappa shape index (κ3) is 3.85. The predicted molar refractivity (Wildman–Crippen MR) is 98.8 cm³/mol. The molecule has 0 aliphatic carbocycles. The first-order chi connectivity index (χ1) is 11.3. The van der Waals surface area contributed by atoms with Crippen molar-refractivity contribution in [3.63, 3.8) is 0 Å². The summed E-state index contributed by atoms with van der Waals surface area (Å²) in [5.41, 5.74) is 2.31. The molecule has 1 aromatic heterocycles. The van der Waals surface area contributed by atoms with Gasteiger partial charge >= 0.3 is 5.17 Å². The van der Waals surface area contributed by atoms with Gasteiger partial charge in [-0.05, 0) is 24.4 Å². The van der Waals surface area contributed by atoms with Gasteiger partial charge in [0.15, 0.2) is 5.58 Å². The quantitative estimate of drug-likeness (QED) is 0.642. The zero-order valence-electron chi connectivity index (χ0n) is 14.7. The number of benzene rings is 1. The molecular weight excluding hydrogens is 324 g/mol. The number of aromatic nitrogens is 1. The molecule has 0 radical (unpaired) electrons. The summed E-state index contributed by atoms with van der Waals surface area (Å²) in [6.45, 7) is 9.87. The van der Waals surface area contributed by atoms with E-state index in [0.29, 0.717) is 9.82 Å². The van der Waals surface area contributed by atoms with Crippen LogP contribution in [0.4, 0.5) is 5.69 Å². The highest BCUT2D eigenvalue weighted by Gasteiger charge is 2.29. The van der Waals surface area contributed by atoms with Crippen molar-refractivity contribution < 1.29 is 13.9 Å². The van der Waals surface area contributed by atoms with E-state index >= 15 is 0 Å².